The third kappa shape index (κ3) is 2.55. The van der Waals surface area contributed by atoms with Crippen LogP contribution in [0, 0.1) is 20.8 Å². The summed E-state index contributed by atoms with van der Waals surface area (Å²) in [6.07, 6.45) is 0. The molecule has 0 bridgehead atoms. The normalized spacial score (nSPS) is 15.1. The molecule has 1 rings (SSSR count). The Morgan fingerprint density at radius 3 is 2.06 bits per heavy atom. The number of hydrogen-bond donors (Lipinski definition) is 0. The van der Waals surface area contributed by atoms with Gasteiger partial charge in [-0.15, -0.1) is 0 Å². The van der Waals surface area contributed by atoms with Crippen molar-refractivity contribution in [3.63, 3.8) is 0 Å². The van der Waals surface area contributed by atoms with Gasteiger partial charge in [-0.1, -0.05) is 17.7 Å². The van der Waals surface area contributed by atoms with Crippen molar-refractivity contribution in [2.45, 2.75) is 39.8 Å². The molecule has 0 aliphatic carbocycles. The first-order chi connectivity index (χ1) is 7.36. The van der Waals surface area contributed by atoms with Gasteiger partial charge in [0, 0.05) is 20.5 Å². The first-order valence-electron chi connectivity index (χ1n) is 6.10. The number of benzene rings is 1. The Morgan fingerprint density at radius 1 is 1.00 bits per heavy atom. The number of aryl methyl sites for hydroxylation is 1. The Labute approximate surface area is 106 Å². The van der Waals surface area contributed by atoms with Gasteiger partial charge in [-0.05, 0) is 67.6 Å². The fraction of sp³-hybridized carbons (Fsp3) is 0.429. The van der Waals surface area contributed by atoms with Gasteiger partial charge in [-0.3, -0.25) is 0 Å². The minimum Gasteiger partial charge on any atom is -0.0737 e. The Balaban J connectivity index is 3.36. The van der Waals surface area contributed by atoms with Crippen molar-refractivity contribution in [3.8, 4) is 0 Å². The molecular weight excluding hydrogens is 224 g/mol. The molecule has 0 amide bonds. The van der Waals surface area contributed by atoms with Gasteiger partial charge in [-0.25, -0.2) is 0 Å². The largest absolute Gasteiger partial charge is 0.0737 e. The molecule has 16 heavy (non-hydrogen) atoms. The van der Waals surface area contributed by atoms with Crippen LogP contribution in [0.2, 0.25) is 5.16 Å². The lowest BCUT2D eigenvalue weighted by atomic mass is 9.93. The van der Waals surface area contributed by atoms with Crippen LogP contribution in [0.5, 0.6) is 0 Å². The van der Waals surface area contributed by atoms with Crippen molar-refractivity contribution in [2.75, 3.05) is 0 Å². The smallest absolute Gasteiger partial charge is 0.00740 e. The van der Waals surface area contributed by atoms with Crippen molar-refractivity contribution in [1.29, 1.82) is 0 Å². The van der Waals surface area contributed by atoms with E-state index in [1.165, 1.54) is 48.3 Å². The summed E-state index contributed by atoms with van der Waals surface area (Å²) in [5, 5.41) is 0.904. The van der Waals surface area contributed by atoms with Gasteiger partial charge >= 0.3 is 0 Å². The molecule has 2 heteroatoms. The lowest BCUT2D eigenvalue weighted by Gasteiger charge is -2.16. The number of rotatable bonds is 2. The summed E-state index contributed by atoms with van der Waals surface area (Å²) in [4.78, 5) is 0. The van der Waals surface area contributed by atoms with Crippen LogP contribution in [0.3, 0.4) is 0 Å². The summed E-state index contributed by atoms with van der Waals surface area (Å²) < 4.78 is 0. The molecule has 0 atom stereocenters. The second-order valence-electron chi connectivity index (χ2n) is 5.14. The van der Waals surface area contributed by atoms with E-state index in [0.29, 0.717) is 0 Å². The maximum Gasteiger partial charge on any atom is 0.00740 e. The fourth-order valence-corrected chi connectivity index (χ4v) is 2.87. The number of allylic oxidation sites excluding steroid dienone is 2. The Kier molecular flexibility index (Phi) is 4.33. The minimum absolute atomic E-state index is 0.904. The first-order valence-corrected chi connectivity index (χ1v) is 8.41. The molecule has 0 aliphatic heterocycles. The van der Waals surface area contributed by atoms with E-state index in [4.69, 9.17) is 0 Å². The predicted molar refractivity (Wildman–Crippen MR) is 82.5 cm³/mol. The van der Waals surface area contributed by atoms with Gasteiger partial charge in [0.1, 0.15) is 0 Å². The van der Waals surface area contributed by atoms with Crippen molar-refractivity contribution < 1.29 is 0 Å². The molecule has 0 fully saturated rings. The molecule has 1 aromatic rings. The summed E-state index contributed by atoms with van der Waals surface area (Å²) in [5.41, 5.74) is 8.89. The zero-order valence-electron chi connectivity index (χ0n) is 11.7. The van der Waals surface area contributed by atoms with Crippen LogP contribution in [0.4, 0.5) is 0 Å². The number of hydrogen-bond acceptors (Lipinski definition) is 0. The van der Waals surface area contributed by atoms with Crippen LogP contribution >= 0.6 is 0 Å². The highest BCUT2D eigenvalue weighted by Gasteiger charge is 2.09. The van der Waals surface area contributed by atoms with E-state index < -0.39 is 0 Å². The van der Waals surface area contributed by atoms with Gasteiger partial charge in [-0.2, -0.15) is 0 Å². The summed E-state index contributed by atoms with van der Waals surface area (Å²) in [6, 6.07) is 4.55. The molecule has 0 saturated heterocycles. The van der Waals surface area contributed by atoms with Crippen molar-refractivity contribution in [2.24, 2.45) is 0 Å². The highest BCUT2D eigenvalue weighted by molar-refractivity contribution is 6.37. The maximum absolute atomic E-state index is 2.31. The Bertz CT molecular complexity index is 429. The SMILES string of the molecule is CC(=C(C)C([SiH3])[SiH3])c1ccc(C)c(C)c1C. The zero-order chi connectivity index (χ0) is 12.5. The van der Waals surface area contributed by atoms with Crippen LogP contribution in [-0.2, 0) is 0 Å². The molecule has 0 radical (unpaired) electrons. The van der Waals surface area contributed by atoms with Gasteiger partial charge in [0.2, 0.25) is 0 Å². The van der Waals surface area contributed by atoms with E-state index in [1.807, 2.05) is 0 Å². The summed E-state index contributed by atoms with van der Waals surface area (Å²) in [6.45, 7) is 11.3. The van der Waals surface area contributed by atoms with E-state index in [0.717, 1.165) is 5.16 Å². The highest BCUT2D eigenvalue weighted by Crippen LogP contribution is 2.28. The average Bonchev–Trinajstić information content (AvgIpc) is 2.24. The van der Waals surface area contributed by atoms with Crippen LogP contribution in [0.15, 0.2) is 17.7 Å². The van der Waals surface area contributed by atoms with Gasteiger partial charge < -0.3 is 0 Å². The van der Waals surface area contributed by atoms with Crippen LogP contribution < -0.4 is 0 Å². The van der Waals surface area contributed by atoms with Gasteiger partial charge in [0.05, 0.1) is 0 Å². The lowest BCUT2D eigenvalue weighted by Crippen LogP contribution is -1.99. The molecule has 0 spiro atoms. The highest BCUT2D eigenvalue weighted by atomic mass is 28.2. The molecule has 1 aromatic carbocycles. The molecule has 0 aliphatic rings. The predicted octanol–water partition coefficient (Wildman–Crippen LogP) is 1.88. The standard InChI is InChI=1S/C14H24Si2/c1-8-6-7-13(10(3)9(8)2)11(4)12(5)14(15)16/h6-7,14H,1-5,15-16H3. The third-order valence-corrected chi connectivity index (χ3v) is 5.65. The molecule has 0 aromatic heterocycles. The van der Waals surface area contributed by atoms with Crippen molar-refractivity contribution in [3.05, 3.63) is 40.0 Å². The molecule has 0 unspecified atom stereocenters. The molecule has 0 saturated carbocycles. The lowest BCUT2D eigenvalue weighted by molar-refractivity contribution is 1.22. The monoisotopic (exact) mass is 248 g/mol. The maximum atomic E-state index is 2.31. The first kappa shape index (κ1) is 13.5. The summed E-state index contributed by atoms with van der Waals surface area (Å²) in [7, 11) is 2.60. The van der Waals surface area contributed by atoms with Crippen LogP contribution in [-0.4, -0.2) is 20.5 Å². The van der Waals surface area contributed by atoms with E-state index in [9.17, 15) is 0 Å². The summed E-state index contributed by atoms with van der Waals surface area (Å²) in [5.74, 6) is 0. The van der Waals surface area contributed by atoms with Gasteiger partial charge in [0.25, 0.3) is 0 Å². The summed E-state index contributed by atoms with van der Waals surface area (Å²) >= 11 is 0. The topological polar surface area (TPSA) is 0 Å². The van der Waals surface area contributed by atoms with Crippen molar-refractivity contribution in [1.82, 2.24) is 0 Å². The zero-order valence-corrected chi connectivity index (χ0v) is 15.7. The van der Waals surface area contributed by atoms with E-state index in [1.54, 1.807) is 5.57 Å². The molecular formula is C14H24Si2. The fourth-order valence-electron chi connectivity index (χ4n) is 2.01. The van der Waals surface area contributed by atoms with Crippen LogP contribution in [0.25, 0.3) is 5.57 Å². The Morgan fingerprint density at radius 2 is 1.56 bits per heavy atom. The molecule has 0 nitrogen and oxygen atoms in total. The Hall–Kier alpha value is -0.606. The second kappa shape index (κ2) is 5.15. The van der Waals surface area contributed by atoms with Crippen LogP contribution in [0.1, 0.15) is 36.1 Å². The molecule has 88 valence electrons. The molecule has 0 N–H and O–H groups in total. The van der Waals surface area contributed by atoms with E-state index >= 15 is 0 Å². The van der Waals surface area contributed by atoms with Crippen molar-refractivity contribution >= 4 is 26.1 Å². The average molecular weight is 249 g/mol. The molecule has 0 heterocycles. The third-order valence-electron chi connectivity index (χ3n) is 3.92. The minimum atomic E-state index is 0.904. The second-order valence-corrected chi connectivity index (χ2v) is 10.9. The van der Waals surface area contributed by atoms with E-state index in [2.05, 4.69) is 46.8 Å². The van der Waals surface area contributed by atoms with Gasteiger partial charge in [0.15, 0.2) is 0 Å². The quantitative estimate of drug-likeness (QED) is 0.701. The van der Waals surface area contributed by atoms with E-state index in [-0.39, 0.29) is 0 Å².